The predicted molar refractivity (Wildman–Crippen MR) is 228 cm³/mol. The van der Waals surface area contributed by atoms with Gasteiger partial charge in [0, 0.05) is 34.2 Å². The number of rotatable bonds is 14. The minimum Gasteiger partial charge on any atom is -0.505 e. The van der Waals surface area contributed by atoms with Gasteiger partial charge in [0.05, 0.1) is 31.0 Å². The number of methoxy groups -OCH3 is 2. The molecule has 0 fully saturated rings. The summed E-state index contributed by atoms with van der Waals surface area (Å²) in [6, 6.07) is 13.9. The summed E-state index contributed by atoms with van der Waals surface area (Å²) in [4.78, 5) is 2.19. The van der Waals surface area contributed by atoms with Gasteiger partial charge in [-0.15, -0.1) is 40.9 Å². The zero-order valence-corrected chi connectivity index (χ0v) is 36.7. The van der Waals surface area contributed by atoms with Crippen LogP contribution < -0.4 is 9.47 Å². The Hall–Kier alpha value is -6.78. The van der Waals surface area contributed by atoms with Gasteiger partial charge in [0.2, 0.25) is 5.88 Å². The number of para-hydroxylation sites is 2. The number of hydrogen-bond acceptors (Lipinski definition) is 22. The Labute approximate surface area is 368 Å². The molecule has 0 aliphatic carbocycles. The summed E-state index contributed by atoms with van der Waals surface area (Å²) in [6.07, 6.45) is 0. The quantitative estimate of drug-likeness (QED) is 0.0394. The van der Waals surface area contributed by atoms with Crippen LogP contribution in [0.3, 0.4) is 0 Å². The minimum absolute atomic E-state index is 0.00726. The number of imidazole rings is 1. The molecule has 0 aliphatic rings. The van der Waals surface area contributed by atoms with Crippen molar-refractivity contribution < 1.29 is 58.6 Å². The van der Waals surface area contributed by atoms with Crippen LogP contribution in [0.25, 0.3) is 27.5 Å². The number of nitriles is 1. The van der Waals surface area contributed by atoms with Gasteiger partial charge >= 0.3 is 0 Å². The van der Waals surface area contributed by atoms with E-state index in [1.54, 1.807) is 24.3 Å². The van der Waals surface area contributed by atoms with Crippen LogP contribution in [0.5, 0.6) is 23.1 Å². The van der Waals surface area contributed by atoms with E-state index >= 15 is 0 Å². The fourth-order valence-corrected chi connectivity index (χ4v) is 10.1. The number of fused-ring (bicyclic) bond motifs is 4. The van der Waals surface area contributed by atoms with Gasteiger partial charge in [0.15, 0.2) is 21.4 Å². The molecule has 64 heavy (non-hydrogen) atoms. The van der Waals surface area contributed by atoms with Crippen LogP contribution in [0.4, 0.5) is 33.6 Å². The molecule has 0 aliphatic heterocycles. The van der Waals surface area contributed by atoms with E-state index in [1.807, 2.05) is 6.07 Å². The van der Waals surface area contributed by atoms with Crippen molar-refractivity contribution in [2.45, 2.75) is 21.1 Å². The summed E-state index contributed by atoms with van der Waals surface area (Å²) in [5, 5.41) is 63.4. The molecule has 0 spiro atoms. The van der Waals surface area contributed by atoms with Crippen molar-refractivity contribution in [1.82, 2.24) is 19.6 Å². The normalized spacial score (nSPS) is 12.7. The number of azo groups is 3. The average Bonchev–Trinajstić information content (AvgIpc) is 3.85. The molecule has 0 saturated heterocycles. The van der Waals surface area contributed by atoms with Gasteiger partial charge < -0.3 is 19.7 Å². The largest absolute Gasteiger partial charge is 0.505 e. The molecule has 3 aromatic heterocycles. The van der Waals surface area contributed by atoms with Gasteiger partial charge in [-0.2, -0.15) is 30.5 Å². The summed E-state index contributed by atoms with van der Waals surface area (Å²) >= 11 is 1.99. The van der Waals surface area contributed by atoms with Gasteiger partial charge in [0.1, 0.15) is 55.7 Å². The second-order valence-corrected chi connectivity index (χ2v) is 19.5. The van der Waals surface area contributed by atoms with Crippen molar-refractivity contribution in [2.24, 2.45) is 30.7 Å². The molecule has 7 rings (SSSR count). The highest BCUT2D eigenvalue weighted by atomic mass is 32.2. The molecule has 0 bridgehead atoms. The number of hydrogen-bond donors (Lipinski definition) is 5. The van der Waals surface area contributed by atoms with Crippen molar-refractivity contribution in [2.75, 3.05) is 25.7 Å². The fraction of sp³-hybridized carbons (Fsp3) is 0.143. The molecule has 0 unspecified atom stereocenters. The number of aromatic hydroxyl groups is 2. The van der Waals surface area contributed by atoms with Crippen molar-refractivity contribution in [3.05, 3.63) is 65.7 Å². The van der Waals surface area contributed by atoms with E-state index in [0.717, 1.165) is 35.2 Å². The molecule has 4 aromatic carbocycles. The van der Waals surface area contributed by atoms with Crippen LogP contribution in [0.1, 0.15) is 11.1 Å². The van der Waals surface area contributed by atoms with E-state index in [2.05, 4.69) is 45.9 Å². The van der Waals surface area contributed by atoms with Crippen LogP contribution in [0.2, 0.25) is 0 Å². The lowest BCUT2D eigenvalue weighted by Gasteiger charge is -2.13. The van der Waals surface area contributed by atoms with Gasteiger partial charge in [-0.3, -0.25) is 18.1 Å². The summed E-state index contributed by atoms with van der Waals surface area (Å²) in [6.45, 7) is 1.44. The molecule has 0 saturated carbocycles. The van der Waals surface area contributed by atoms with Crippen LogP contribution in [-0.2, 0) is 30.4 Å². The van der Waals surface area contributed by atoms with Crippen LogP contribution >= 0.6 is 23.1 Å². The van der Waals surface area contributed by atoms with Crippen molar-refractivity contribution >= 4 is 114 Å². The Morgan fingerprint density at radius 3 is 2.06 bits per heavy atom. The Morgan fingerprint density at radius 2 is 1.44 bits per heavy atom. The molecule has 0 amide bonds. The maximum absolute atomic E-state index is 13.0. The second kappa shape index (κ2) is 17.4. The monoisotopic (exact) mass is 969 g/mol. The SMILES string of the molecule is COc1cc(N=Nc2c(S(=O)(=O)O)cc3c(S(=O)(=O)O)c(N=Nc4c(C)c(C#N)c5nc6ccccc6n5c4O)ccc3c2O)c(OC)cc1N=Nc1nnc(SCCS(=O)(=O)O)s1. The maximum Gasteiger partial charge on any atom is 0.297 e. The van der Waals surface area contributed by atoms with E-state index in [4.69, 9.17) is 14.0 Å². The van der Waals surface area contributed by atoms with Gasteiger partial charge in [-0.05, 0) is 37.3 Å². The Bertz CT molecular complexity index is 3550. The highest BCUT2D eigenvalue weighted by Gasteiger charge is 2.29. The van der Waals surface area contributed by atoms with Crippen LogP contribution in [0, 0.1) is 18.3 Å². The van der Waals surface area contributed by atoms with Gasteiger partial charge in [-0.1, -0.05) is 35.2 Å². The summed E-state index contributed by atoms with van der Waals surface area (Å²) in [7, 11) is -12.4. The van der Waals surface area contributed by atoms with E-state index in [0.29, 0.717) is 21.4 Å². The number of nitrogens with zero attached hydrogens (tertiary/aromatic N) is 11. The first-order valence-corrected chi connectivity index (χ1v) is 23.8. The average molecular weight is 970 g/mol. The third-order valence-electron chi connectivity index (χ3n) is 8.95. The third-order valence-corrected chi connectivity index (χ3v) is 13.7. The Balaban J connectivity index is 1.28. The lowest BCUT2D eigenvalue weighted by Crippen LogP contribution is -2.05. The van der Waals surface area contributed by atoms with E-state index < -0.39 is 79.7 Å². The minimum atomic E-state index is -5.36. The molecule has 330 valence electrons. The molecule has 7 aromatic rings. The first kappa shape index (κ1) is 45.3. The summed E-state index contributed by atoms with van der Waals surface area (Å²) in [5.74, 6) is -2.05. The molecular formula is C35H27N11O13S5. The molecule has 0 radical (unpaired) electrons. The highest BCUT2D eigenvalue weighted by Crippen LogP contribution is 2.47. The summed E-state index contributed by atoms with van der Waals surface area (Å²) in [5.41, 5.74) is -0.784. The third kappa shape index (κ3) is 9.01. The predicted octanol–water partition coefficient (Wildman–Crippen LogP) is 7.82. The number of aromatic nitrogens is 4. The Kier molecular flexibility index (Phi) is 12.3. The first-order valence-electron chi connectivity index (χ1n) is 17.5. The van der Waals surface area contributed by atoms with Crippen LogP contribution in [0.15, 0.2) is 99.4 Å². The lowest BCUT2D eigenvalue weighted by atomic mass is 10.1. The highest BCUT2D eigenvalue weighted by molar-refractivity contribution is 8.01. The number of phenolic OH excluding ortho intramolecular Hbond substituents is 1. The van der Waals surface area contributed by atoms with Gasteiger partial charge in [-0.25, -0.2) is 4.98 Å². The van der Waals surface area contributed by atoms with E-state index in [9.17, 15) is 49.8 Å². The maximum atomic E-state index is 13.0. The van der Waals surface area contributed by atoms with Crippen molar-refractivity contribution in [3.8, 4) is 29.2 Å². The van der Waals surface area contributed by atoms with E-state index in [1.165, 1.54) is 37.7 Å². The zero-order valence-electron chi connectivity index (χ0n) is 32.6. The molecular weight excluding hydrogens is 943 g/mol. The molecule has 24 nitrogen and oxygen atoms in total. The molecule has 0 atom stereocenters. The van der Waals surface area contributed by atoms with Crippen molar-refractivity contribution in [3.63, 3.8) is 0 Å². The molecule has 5 N–H and O–H groups in total. The fourth-order valence-electron chi connectivity index (χ4n) is 6.11. The van der Waals surface area contributed by atoms with Gasteiger partial charge in [0.25, 0.3) is 35.5 Å². The molecule has 29 heteroatoms. The number of pyridine rings is 1. The number of phenols is 1. The van der Waals surface area contributed by atoms with Crippen LogP contribution in [-0.4, -0.2) is 94.4 Å². The zero-order chi connectivity index (χ0) is 46.3. The molecule has 3 heterocycles. The summed E-state index contributed by atoms with van der Waals surface area (Å²) < 4.78 is 116. The smallest absolute Gasteiger partial charge is 0.297 e. The number of ether oxygens (including phenoxy) is 2. The second-order valence-electron chi connectivity index (χ2n) is 12.9. The number of thioether (sulfide) groups is 1. The van der Waals surface area contributed by atoms with Crippen molar-refractivity contribution in [1.29, 1.82) is 5.26 Å². The topological polar surface area (TPSA) is 363 Å². The standard InChI is InChI=1S/C35H27N11O13S5/c1-16-19(15-36)32-37-20-6-4-5-7-24(20)46(32)33(48)28(16)41-38-21-9-8-17-18(31(21)64(55,56)57)12-27(63(52,53)54)29(30(17)47)42-39-22-13-26(59-3)23(14-25(22)58-2)40-43-34-44-45-35(61-34)60-10-11-62(49,50)51/h4-9,12-14,47-48H,10-11H2,1-3H3,(H,49,50,51)(H,52,53,54)(H,55,56,57). The first-order chi connectivity index (χ1) is 30.2. The lowest BCUT2D eigenvalue weighted by molar-refractivity contribution is 0.405. The Morgan fingerprint density at radius 1 is 0.797 bits per heavy atom. The number of benzene rings is 4. The van der Waals surface area contributed by atoms with E-state index in [-0.39, 0.29) is 56.2 Å².